The number of likely N-dealkylation sites (N-methyl/N-ethyl adjacent to an activating group) is 1. The molecule has 0 amide bonds. The number of nitrogens with zero attached hydrogens (tertiary/aromatic N) is 1. The lowest BCUT2D eigenvalue weighted by molar-refractivity contribution is 0.0735. The molecule has 1 aromatic rings. The van der Waals surface area contributed by atoms with Gasteiger partial charge in [-0.15, -0.1) is 0 Å². The Bertz CT molecular complexity index is 323. The lowest BCUT2D eigenvalue weighted by Crippen LogP contribution is -2.43. The highest BCUT2D eigenvalue weighted by Crippen LogP contribution is 2.18. The van der Waals surface area contributed by atoms with E-state index in [1.807, 2.05) is 45.2 Å². The summed E-state index contributed by atoms with van der Waals surface area (Å²) in [5, 5.41) is 9.24. The fraction of sp³-hybridized carbons (Fsp3) is 0.500. The van der Waals surface area contributed by atoms with Gasteiger partial charge in [0, 0.05) is 17.8 Å². The molecule has 0 unspecified atom stereocenters. The first-order valence-corrected chi connectivity index (χ1v) is 5.13. The lowest BCUT2D eigenvalue weighted by Gasteiger charge is -2.34. The van der Waals surface area contributed by atoms with Gasteiger partial charge in [-0.1, -0.05) is 18.2 Å². The fourth-order valence-electron chi connectivity index (χ4n) is 1.27. The van der Waals surface area contributed by atoms with Crippen LogP contribution in [0.1, 0.15) is 19.4 Å². The molecular formula is C12H20N2O. The number of aliphatic hydroxyl groups excluding tert-OH is 1. The van der Waals surface area contributed by atoms with Gasteiger partial charge in [-0.25, -0.2) is 0 Å². The topological polar surface area (TPSA) is 49.5 Å². The van der Waals surface area contributed by atoms with Gasteiger partial charge >= 0.3 is 0 Å². The first-order chi connectivity index (χ1) is 6.97. The van der Waals surface area contributed by atoms with Crippen molar-refractivity contribution in [2.24, 2.45) is 0 Å². The average Bonchev–Trinajstić information content (AvgIpc) is 2.21. The maximum atomic E-state index is 9.24. The normalized spacial score (nSPS) is 12.1. The second kappa shape index (κ2) is 4.64. The molecule has 3 nitrogen and oxygen atoms in total. The average molecular weight is 208 g/mol. The first-order valence-electron chi connectivity index (χ1n) is 5.13. The number of anilines is 1. The molecule has 15 heavy (non-hydrogen) atoms. The summed E-state index contributed by atoms with van der Waals surface area (Å²) in [5.41, 5.74) is 7.55. The van der Waals surface area contributed by atoms with Crippen molar-refractivity contribution in [3.8, 4) is 0 Å². The molecular weight excluding hydrogens is 188 g/mol. The zero-order chi connectivity index (χ0) is 11.5. The summed E-state index contributed by atoms with van der Waals surface area (Å²) < 4.78 is 0. The van der Waals surface area contributed by atoms with Crippen molar-refractivity contribution >= 4 is 5.69 Å². The van der Waals surface area contributed by atoms with Crippen LogP contribution in [0, 0.1) is 0 Å². The molecule has 0 saturated heterocycles. The van der Waals surface area contributed by atoms with Gasteiger partial charge in [-0.05, 0) is 32.5 Å². The van der Waals surface area contributed by atoms with E-state index < -0.39 is 0 Å². The predicted octanol–water partition coefficient (Wildman–Crippen LogP) is 1.47. The van der Waals surface area contributed by atoms with Crippen molar-refractivity contribution in [2.75, 3.05) is 19.4 Å². The minimum absolute atomic E-state index is 0.135. The monoisotopic (exact) mass is 208 g/mol. The molecule has 0 saturated carbocycles. The number of aliphatic hydroxyl groups is 1. The van der Waals surface area contributed by atoms with E-state index in [1.165, 1.54) is 0 Å². The van der Waals surface area contributed by atoms with Crippen LogP contribution in [0.25, 0.3) is 0 Å². The quantitative estimate of drug-likeness (QED) is 0.737. The molecule has 3 heteroatoms. The minimum atomic E-state index is -0.220. The molecule has 0 atom stereocenters. The Kier molecular flexibility index (Phi) is 3.72. The van der Waals surface area contributed by atoms with Crippen LogP contribution in [0.3, 0.4) is 0 Å². The first kappa shape index (κ1) is 12.0. The Morgan fingerprint density at radius 3 is 2.47 bits per heavy atom. The highest BCUT2D eigenvalue weighted by atomic mass is 16.3. The van der Waals surface area contributed by atoms with E-state index in [4.69, 9.17) is 5.73 Å². The fourth-order valence-corrected chi connectivity index (χ4v) is 1.27. The highest BCUT2D eigenvalue weighted by molar-refractivity contribution is 5.46. The summed E-state index contributed by atoms with van der Waals surface area (Å²) in [6.07, 6.45) is 0. The van der Waals surface area contributed by atoms with Gasteiger partial charge in [-0.3, -0.25) is 4.90 Å². The summed E-state index contributed by atoms with van der Waals surface area (Å²) in [4.78, 5) is 2.10. The van der Waals surface area contributed by atoms with Crippen molar-refractivity contribution in [3.63, 3.8) is 0 Å². The van der Waals surface area contributed by atoms with Crippen molar-refractivity contribution in [1.82, 2.24) is 4.90 Å². The highest BCUT2D eigenvalue weighted by Gasteiger charge is 2.22. The van der Waals surface area contributed by atoms with Crippen LogP contribution in [0.2, 0.25) is 0 Å². The van der Waals surface area contributed by atoms with Gasteiger partial charge in [0.15, 0.2) is 0 Å². The van der Waals surface area contributed by atoms with Gasteiger partial charge < -0.3 is 10.8 Å². The van der Waals surface area contributed by atoms with Gasteiger partial charge in [0.2, 0.25) is 0 Å². The maximum Gasteiger partial charge on any atom is 0.0610 e. The molecule has 1 rings (SSSR count). The number of hydrogen-bond acceptors (Lipinski definition) is 3. The molecule has 84 valence electrons. The molecule has 3 N–H and O–H groups in total. The summed E-state index contributed by atoms with van der Waals surface area (Å²) in [7, 11) is 1.99. The largest absolute Gasteiger partial charge is 0.398 e. The van der Waals surface area contributed by atoms with E-state index in [9.17, 15) is 5.11 Å². The molecule has 0 aliphatic rings. The third-order valence-corrected chi connectivity index (χ3v) is 2.88. The predicted molar refractivity (Wildman–Crippen MR) is 63.5 cm³/mol. The van der Waals surface area contributed by atoms with Gasteiger partial charge in [0.25, 0.3) is 0 Å². The van der Waals surface area contributed by atoms with Crippen LogP contribution in [-0.4, -0.2) is 29.2 Å². The smallest absolute Gasteiger partial charge is 0.0610 e. The Labute approximate surface area is 91.5 Å². The lowest BCUT2D eigenvalue weighted by atomic mass is 10.0. The van der Waals surface area contributed by atoms with Crippen LogP contribution in [0.5, 0.6) is 0 Å². The SMILES string of the molecule is CN(Cc1ccccc1N)C(C)(C)CO. The second-order valence-corrected chi connectivity index (χ2v) is 4.53. The van der Waals surface area contributed by atoms with E-state index in [0.717, 1.165) is 17.8 Å². The summed E-state index contributed by atoms with van der Waals surface area (Å²) in [6.45, 7) is 4.90. The molecule has 0 bridgehead atoms. The Hall–Kier alpha value is -1.06. The molecule has 0 spiro atoms. The molecule has 0 fully saturated rings. The number of benzene rings is 1. The standard InChI is InChI=1S/C12H20N2O/c1-12(2,9-15)14(3)8-10-6-4-5-7-11(10)13/h4-7,15H,8-9,13H2,1-3H3. The Balaban J connectivity index is 2.75. The van der Waals surface area contributed by atoms with Crippen LogP contribution in [0.15, 0.2) is 24.3 Å². The zero-order valence-electron chi connectivity index (χ0n) is 9.70. The molecule has 0 radical (unpaired) electrons. The molecule has 0 heterocycles. The van der Waals surface area contributed by atoms with Crippen LogP contribution < -0.4 is 5.73 Å². The summed E-state index contributed by atoms with van der Waals surface area (Å²) in [5.74, 6) is 0. The molecule has 1 aromatic carbocycles. The van der Waals surface area contributed by atoms with Gasteiger partial charge in [0.05, 0.1) is 6.61 Å². The second-order valence-electron chi connectivity index (χ2n) is 4.53. The minimum Gasteiger partial charge on any atom is -0.398 e. The van der Waals surface area contributed by atoms with E-state index >= 15 is 0 Å². The number of rotatable bonds is 4. The molecule has 0 aliphatic heterocycles. The zero-order valence-corrected chi connectivity index (χ0v) is 9.70. The number of nitrogens with two attached hydrogens (primary N) is 1. The summed E-state index contributed by atoms with van der Waals surface area (Å²) in [6, 6.07) is 7.82. The van der Waals surface area contributed by atoms with Crippen LogP contribution in [0.4, 0.5) is 5.69 Å². The Morgan fingerprint density at radius 2 is 1.93 bits per heavy atom. The third-order valence-electron chi connectivity index (χ3n) is 2.88. The van der Waals surface area contributed by atoms with Crippen molar-refractivity contribution in [1.29, 1.82) is 0 Å². The van der Waals surface area contributed by atoms with E-state index in [2.05, 4.69) is 4.90 Å². The van der Waals surface area contributed by atoms with Crippen molar-refractivity contribution < 1.29 is 5.11 Å². The van der Waals surface area contributed by atoms with Crippen molar-refractivity contribution in [2.45, 2.75) is 25.9 Å². The maximum absolute atomic E-state index is 9.24. The number of para-hydroxylation sites is 1. The van der Waals surface area contributed by atoms with E-state index in [1.54, 1.807) is 0 Å². The van der Waals surface area contributed by atoms with Gasteiger partial charge in [0.1, 0.15) is 0 Å². The van der Waals surface area contributed by atoms with Crippen LogP contribution >= 0.6 is 0 Å². The van der Waals surface area contributed by atoms with Crippen LogP contribution in [-0.2, 0) is 6.54 Å². The van der Waals surface area contributed by atoms with Crippen molar-refractivity contribution in [3.05, 3.63) is 29.8 Å². The third kappa shape index (κ3) is 2.94. The summed E-state index contributed by atoms with van der Waals surface area (Å²) >= 11 is 0. The molecule has 0 aliphatic carbocycles. The van der Waals surface area contributed by atoms with Gasteiger partial charge in [-0.2, -0.15) is 0 Å². The number of nitrogen functional groups attached to an aromatic ring is 1. The Morgan fingerprint density at radius 1 is 1.33 bits per heavy atom. The van der Waals surface area contributed by atoms with E-state index in [-0.39, 0.29) is 12.1 Å². The molecule has 0 aromatic heterocycles. The van der Waals surface area contributed by atoms with E-state index in [0.29, 0.717) is 0 Å². The number of hydrogen-bond donors (Lipinski definition) is 2.